The van der Waals surface area contributed by atoms with Crippen molar-refractivity contribution in [2.75, 3.05) is 14.2 Å². The molecular formula is C17H18O4. The fraction of sp³-hybridized carbons (Fsp3) is 0.412. The molecule has 3 rings (SSSR count). The van der Waals surface area contributed by atoms with E-state index in [0.717, 1.165) is 11.3 Å². The molecule has 0 radical (unpaired) electrons. The van der Waals surface area contributed by atoms with Gasteiger partial charge in [0.25, 0.3) is 0 Å². The Morgan fingerprint density at radius 1 is 0.905 bits per heavy atom. The van der Waals surface area contributed by atoms with Gasteiger partial charge in [-0.15, -0.1) is 0 Å². The van der Waals surface area contributed by atoms with Crippen LogP contribution in [0.4, 0.5) is 0 Å². The third-order valence-corrected chi connectivity index (χ3v) is 4.77. The van der Waals surface area contributed by atoms with E-state index in [9.17, 15) is 9.59 Å². The minimum Gasteiger partial charge on any atom is -0.497 e. The third kappa shape index (κ3) is 1.97. The van der Waals surface area contributed by atoms with Gasteiger partial charge in [-0.3, -0.25) is 9.59 Å². The van der Waals surface area contributed by atoms with Crippen LogP contribution in [0.5, 0.6) is 5.75 Å². The van der Waals surface area contributed by atoms with Gasteiger partial charge in [0.1, 0.15) is 5.75 Å². The highest BCUT2D eigenvalue weighted by Crippen LogP contribution is 2.55. The summed E-state index contributed by atoms with van der Waals surface area (Å²) in [5.74, 6) is 0.655. The molecule has 4 heteroatoms. The maximum Gasteiger partial charge on any atom is 0.201 e. The van der Waals surface area contributed by atoms with Crippen LogP contribution in [0.2, 0.25) is 0 Å². The molecule has 0 amide bonds. The van der Waals surface area contributed by atoms with E-state index >= 15 is 0 Å². The summed E-state index contributed by atoms with van der Waals surface area (Å²) in [6.07, 6.45) is 1.35. The minimum absolute atomic E-state index is 0.00807. The molecule has 110 valence electrons. The normalized spacial score (nSPS) is 31.1. The number of carbonyl (C=O) groups is 2. The largest absolute Gasteiger partial charge is 0.497 e. The average Bonchev–Trinajstić information content (AvgIpc) is 2.49. The molecule has 21 heavy (non-hydrogen) atoms. The SMILES string of the molecule is COC1=CC(=O)C2C(C)[C@@H](c3ccc(OC)cc3)C2C1=O. The van der Waals surface area contributed by atoms with Crippen LogP contribution in [0.3, 0.4) is 0 Å². The number of carbonyl (C=O) groups excluding carboxylic acids is 2. The molecule has 0 bridgehead atoms. The number of rotatable bonds is 3. The van der Waals surface area contributed by atoms with E-state index in [-0.39, 0.29) is 41.0 Å². The molecule has 0 saturated heterocycles. The predicted octanol–water partition coefficient (Wildman–Crippen LogP) is 2.34. The van der Waals surface area contributed by atoms with Crippen molar-refractivity contribution < 1.29 is 19.1 Å². The standard InChI is InChI=1S/C17H18O4/c1-9-14(10-4-6-11(20-2)7-5-10)16-15(9)12(18)8-13(21-3)17(16)19/h4-9,14-16H,1-3H3/t9?,14-,15?,16?/m0/s1. The lowest BCUT2D eigenvalue weighted by Crippen LogP contribution is -2.53. The lowest BCUT2D eigenvalue weighted by atomic mass is 9.51. The van der Waals surface area contributed by atoms with Crippen molar-refractivity contribution in [3.63, 3.8) is 0 Å². The van der Waals surface area contributed by atoms with Gasteiger partial charge in [-0.05, 0) is 29.5 Å². The van der Waals surface area contributed by atoms with Gasteiger partial charge in [0.05, 0.1) is 14.2 Å². The number of allylic oxidation sites excluding steroid dienone is 2. The number of Topliss-reactive ketones (excluding diaryl/α,β-unsaturated/α-hetero) is 1. The molecule has 1 aromatic rings. The summed E-state index contributed by atoms with van der Waals surface area (Å²) in [4.78, 5) is 24.6. The minimum atomic E-state index is -0.291. The van der Waals surface area contributed by atoms with Crippen molar-refractivity contribution in [1.29, 1.82) is 0 Å². The molecule has 1 aromatic carbocycles. The second kappa shape index (κ2) is 5.02. The van der Waals surface area contributed by atoms with E-state index in [1.54, 1.807) is 7.11 Å². The molecule has 0 aromatic heterocycles. The van der Waals surface area contributed by atoms with Crippen molar-refractivity contribution in [1.82, 2.24) is 0 Å². The Labute approximate surface area is 123 Å². The summed E-state index contributed by atoms with van der Waals surface area (Å²) in [5.41, 5.74) is 1.07. The van der Waals surface area contributed by atoms with E-state index in [1.807, 2.05) is 31.2 Å². The Morgan fingerprint density at radius 2 is 1.57 bits per heavy atom. The van der Waals surface area contributed by atoms with Gasteiger partial charge in [-0.1, -0.05) is 19.1 Å². The van der Waals surface area contributed by atoms with Gasteiger partial charge in [0.15, 0.2) is 11.5 Å². The van der Waals surface area contributed by atoms with E-state index in [0.29, 0.717) is 0 Å². The van der Waals surface area contributed by atoms with Crippen molar-refractivity contribution in [2.24, 2.45) is 17.8 Å². The second-order valence-electron chi connectivity index (χ2n) is 5.69. The first-order valence-corrected chi connectivity index (χ1v) is 7.06. The first-order valence-electron chi connectivity index (χ1n) is 7.06. The van der Waals surface area contributed by atoms with Gasteiger partial charge >= 0.3 is 0 Å². The molecule has 2 aliphatic carbocycles. The monoisotopic (exact) mass is 286 g/mol. The number of ether oxygens (including phenoxy) is 2. The Bertz CT molecular complexity index is 614. The van der Waals surface area contributed by atoms with Crippen LogP contribution in [-0.4, -0.2) is 25.8 Å². The lowest BCUT2D eigenvalue weighted by molar-refractivity contribution is -0.144. The molecular weight excluding hydrogens is 268 g/mol. The number of hydrogen-bond donors (Lipinski definition) is 0. The highest BCUT2D eigenvalue weighted by molar-refractivity contribution is 6.11. The molecule has 4 nitrogen and oxygen atoms in total. The Balaban J connectivity index is 1.93. The predicted molar refractivity (Wildman–Crippen MR) is 77.0 cm³/mol. The van der Waals surface area contributed by atoms with Crippen LogP contribution in [0.25, 0.3) is 0 Å². The van der Waals surface area contributed by atoms with Crippen LogP contribution in [0, 0.1) is 17.8 Å². The Kier molecular flexibility index (Phi) is 3.32. The second-order valence-corrected chi connectivity index (χ2v) is 5.69. The fourth-order valence-corrected chi connectivity index (χ4v) is 3.67. The number of ketones is 2. The lowest BCUT2D eigenvalue weighted by Gasteiger charge is -2.50. The Hall–Kier alpha value is -2.10. The molecule has 1 saturated carbocycles. The van der Waals surface area contributed by atoms with Crippen molar-refractivity contribution in [3.05, 3.63) is 41.7 Å². The van der Waals surface area contributed by atoms with Crippen LogP contribution in [-0.2, 0) is 14.3 Å². The topological polar surface area (TPSA) is 52.6 Å². The average molecular weight is 286 g/mol. The molecule has 0 aliphatic heterocycles. The van der Waals surface area contributed by atoms with Gasteiger partial charge in [-0.2, -0.15) is 0 Å². The summed E-state index contributed by atoms with van der Waals surface area (Å²) in [6, 6.07) is 7.71. The third-order valence-electron chi connectivity index (χ3n) is 4.77. The smallest absolute Gasteiger partial charge is 0.201 e. The summed E-state index contributed by atoms with van der Waals surface area (Å²) in [5, 5.41) is 0. The number of fused-ring (bicyclic) bond motifs is 1. The summed E-state index contributed by atoms with van der Waals surface area (Å²) < 4.78 is 10.2. The van der Waals surface area contributed by atoms with Crippen LogP contribution >= 0.6 is 0 Å². The molecule has 2 aliphatic rings. The first kappa shape index (κ1) is 13.9. The fourth-order valence-electron chi connectivity index (χ4n) is 3.67. The van der Waals surface area contributed by atoms with Gasteiger partial charge in [0.2, 0.25) is 5.78 Å². The maximum atomic E-state index is 12.4. The van der Waals surface area contributed by atoms with E-state index in [1.165, 1.54) is 13.2 Å². The zero-order valence-electron chi connectivity index (χ0n) is 12.3. The molecule has 1 fully saturated rings. The molecule has 4 atom stereocenters. The zero-order valence-corrected chi connectivity index (χ0v) is 12.3. The Morgan fingerprint density at radius 3 is 2.14 bits per heavy atom. The highest BCUT2D eigenvalue weighted by Gasteiger charge is 2.57. The van der Waals surface area contributed by atoms with E-state index in [4.69, 9.17) is 9.47 Å². The zero-order chi connectivity index (χ0) is 15.1. The summed E-state index contributed by atoms with van der Waals surface area (Å²) in [6.45, 7) is 2.03. The quantitative estimate of drug-likeness (QED) is 0.856. The molecule has 0 heterocycles. The van der Waals surface area contributed by atoms with Crippen LogP contribution in [0.15, 0.2) is 36.1 Å². The summed E-state index contributed by atoms with van der Waals surface area (Å²) >= 11 is 0. The summed E-state index contributed by atoms with van der Waals surface area (Å²) in [7, 11) is 3.05. The number of benzene rings is 1. The molecule has 0 spiro atoms. The maximum absolute atomic E-state index is 12.4. The highest BCUT2D eigenvalue weighted by atomic mass is 16.5. The van der Waals surface area contributed by atoms with Gasteiger partial charge in [-0.25, -0.2) is 0 Å². The number of hydrogen-bond acceptors (Lipinski definition) is 4. The van der Waals surface area contributed by atoms with Crippen LogP contribution < -0.4 is 4.74 Å². The number of methoxy groups -OCH3 is 2. The van der Waals surface area contributed by atoms with E-state index in [2.05, 4.69) is 0 Å². The van der Waals surface area contributed by atoms with E-state index < -0.39 is 0 Å². The molecule has 3 unspecified atom stereocenters. The first-order chi connectivity index (χ1) is 10.1. The van der Waals surface area contributed by atoms with Gasteiger partial charge < -0.3 is 9.47 Å². The van der Waals surface area contributed by atoms with Crippen molar-refractivity contribution in [3.8, 4) is 5.75 Å². The van der Waals surface area contributed by atoms with Crippen molar-refractivity contribution in [2.45, 2.75) is 12.8 Å². The van der Waals surface area contributed by atoms with Gasteiger partial charge in [0, 0.05) is 17.9 Å². The van der Waals surface area contributed by atoms with Crippen LogP contribution in [0.1, 0.15) is 18.4 Å². The van der Waals surface area contributed by atoms with Crippen molar-refractivity contribution >= 4 is 11.6 Å². The molecule has 0 N–H and O–H groups in total.